The molecule has 2 aromatic carbocycles. The van der Waals surface area contributed by atoms with E-state index >= 15 is 0 Å². The van der Waals surface area contributed by atoms with E-state index in [2.05, 4.69) is 5.32 Å². The van der Waals surface area contributed by atoms with Crippen molar-refractivity contribution in [1.82, 2.24) is 0 Å². The molecule has 2 N–H and O–H groups in total. The summed E-state index contributed by atoms with van der Waals surface area (Å²) in [6.45, 7) is 0.530. The van der Waals surface area contributed by atoms with Crippen molar-refractivity contribution in [2.45, 2.75) is 6.42 Å². The first-order valence-electron chi connectivity index (χ1n) is 6.49. The van der Waals surface area contributed by atoms with E-state index in [0.29, 0.717) is 18.7 Å². The summed E-state index contributed by atoms with van der Waals surface area (Å²) < 4.78 is 19.0. The molecule has 0 amide bonds. The van der Waals surface area contributed by atoms with Crippen LogP contribution in [-0.4, -0.2) is 24.8 Å². The normalized spacial score (nSPS) is 10.4. The second-order valence-corrected chi connectivity index (χ2v) is 4.49. The first kappa shape index (κ1) is 15.0. The van der Waals surface area contributed by atoms with Crippen LogP contribution in [-0.2, 0) is 11.2 Å². The summed E-state index contributed by atoms with van der Waals surface area (Å²) in [7, 11) is 1.61. The van der Waals surface area contributed by atoms with E-state index in [9.17, 15) is 9.18 Å². The van der Waals surface area contributed by atoms with Gasteiger partial charge in [0.15, 0.2) is 0 Å². The van der Waals surface area contributed by atoms with Crippen LogP contribution in [0.3, 0.4) is 0 Å². The Kier molecular flexibility index (Phi) is 4.90. The van der Waals surface area contributed by atoms with Crippen molar-refractivity contribution >= 4 is 17.3 Å². The number of para-hydroxylation sites is 2. The van der Waals surface area contributed by atoms with Gasteiger partial charge in [-0.05, 0) is 30.2 Å². The van der Waals surface area contributed by atoms with E-state index in [1.165, 1.54) is 18.2 Å². The van der Waals surface area contributed by atoms with Gasteiger partial charge in [0.25, 0.3) is 0 Å². The molecule has 0 aliphatic carbocycles. The highest BCUT2D eigenvalue weighted by Gasteiger charge is 2.15. The predicted molar refractivity (Wildman–Crippen MR) is 78.7 cm³/mol. The summed E-state index contributed by atoms with van der Waals surface area (Å²) in [5, 5.41) is 12.0. The van der Waals surface area contributed by atoms with Crippen LogP contribution in [0.15, 0.2) is 42.5 Å². The summed E-state index contributed by atoms with van der Waals surface area (Å²) in [5.41, 5.74) is 1.47. The van der Waals surface area contributed by atoms with E-state index in [-0.39, 0.29) is 11.3 Å². The topological polar surface area (TPSA) is 58.6 Å². The van der Waals surface area contributed by atoms with Gasteiger partial charge in [-0.15, -0.1) is 0 Å². The zero-order valence-electron chi connectivity index (χ0n) is 11.6. The molecule has 0 saturated heterocycles. The van der Waals surface area contributed by atoms with E-state index in [1.54, 1.807) is 19.2 Å². The largest absolute Gasteiger partial charge is 0.478 e. The molecule has 0 aliphatic rings. The Morgan fingerprint density at radius 1 is 1.24 bits per heavy atom. The second kappa shape index (κ2) is 6.85. The van der Waals surface area contributed by atoms with Crippen molar-refractivity contribution in [2.75, 3.05) is 19.0 Å². The molecule has 2 rings (SSSR count). The van der Waals surface area contributed by atoms with E-state index in [4.69, 9.17) is 9.84 Å². The average molecular weight is 289 g/mol. The van der Waals surface area contributed by atoms with Crippen LogP contribution in [0.5, 0.6) is 0 Å². The number of ether oxygens (including phenoxy) is 1. The summed E-state index contributed by atoms with van der Waals surface area (Å²) in [6, 6.07) is 11.3. The van der Waals surface area contributed by atoms with Crippen molar-refractivity contribution < 1.29 is 19.0 Å². The molecule has 0 atom stereocenters. The molecular weight excluding hydrogens is 273 g/mol. The molecule has 0 bridgehead atoms. The Balaban J connectivity index is 2.37. The van der Waals surface area contributed by atoms with Gasteiger partial charge in [-0.2, -0.15) is 0 Å². The minimum atomic E-state index is -1.17. The maximum atomic E-state index is 13.9. The Hall–Kier alpha value is -2.40. The molecule has 0 unspecified atom stereocenters. The fourth-order valence-corrected chi connectivity index (χ4v) is 2.04. The lowest BCUT2D eigenvalue weighted by Crippen LogP contribution is -2.07. The van der Waals surface area contributed by atoms with Crippen LogP contribution in [0, 0.1) is 5.82 Å². The quantitative estimate of drug-likeness (QED) is 0.855. The van der Waals surface area contributed by atoms with E-state index in [0.717, 1.165) is 5.56 Å². The maximum Gasteiger partial charge on any atom is 0.337 e. The van der Waals surface area contributed by atoms with Crippen molar-refractivity contribution in [2.24, 2.45) is 0 Å². The van der Waals surface area contributed by atoms with Gasteiger partial charge in [-0.3, -0.25) is 0 Å². The standard InChI is InChI=1S/C16H16FNO3/c1-21-10-9-11-5-2-3-8-14(11)18-15-12(16(19)20)6-4-7-13(15)17/h2-8,18H,9-10H2,1H3,(H,19,20). The van der Waals surface area contributed by atoms with Crippen molar-refractivity contribution in [1.29, 1.82) is 0 Å². The fraction of sp³-hybridized carbons (Fsp3) is 0.188. The van der Waals surface area contributed by atoms with Gasteiger partial charge in [0.05, 0.1) is 17.9 Å². The number of anilines is 2. The predicted octanol–water partition coefficient (Wildman–Crippen LogP) is 3.46. The van der Waals surface area contributed by atoms with Crippen LogP contribution in [0.2, 0.25) is 0 Å². The number of carboxylic acid groups (broad SMARTS) is 1. The molecule has 4 nitrogen and oxygen atoms in total. The monoisotopic (exact) mass is 289 g/mol. The zero-order chi connectivity index (χ0) is 15.2. The Labute approximate surface area is 122 Å². The lowest BCUT2D eigenvalue weighted by molar-refractivity contribution is 0.0697. The lowest BCUT2D eigenvalue weighted by atomic mass is 10.1. The number of methoxy groups -OCH3 is 1. The minimum absolute atomic E-state index is 0.0325. The molecule has 0 fully saturated rings. The number of halogens is 1. The highest BCUT2D eigenvalue weighted by atomic mass is 19.1. The number of aromatic carboxylic acids is 1. The molecular formula is C16H16FNO3. The third-order valence-electron chi connectivity index (χ3n) is 3.10. The van der Waals surface area contributed by atoms with Crippen LogP contribution in [0.25, 0.3) is 0 Å². The van der Waals surface area contributed by atoms with Crippen molar-refractivity contribution in [3.05, 3.63) is 59.4 Å². The van der Waals surface area contributed by atoms with Crippen LogP contribution >= 0.6 is 0 Å². The van der Waals surface area contributed by atoms with Gasteiger partial charge in [0.2, 0.25) is 0 Å². The molecule has 0 aliphatic heterocycles. The third kappa shape index (κ3) is 3.58. The van der Waals surface area contributed by atoms with E-state index in [1.807, 2.05) is 12.1 Å². The average Bonchev–Trinajstić information content (AvgIpc) is 2.48. The van der Waals surface area contributed by atoms with Gasteiger partial charge in [0.1, 0.15) is 5.82 Å². The third-order valence-corrected chi connectivity index (χ3v) is 3.10. The molecule has 0 spiro atoms. The van der Waals surface area contributed by atoms with Gasteiger partial charge in [0, 0.05) is 12.8 Å². The van der Waals surface area contributed by atoms with E-state index < -0.39 is 11.8 Å². The molecule has 2 aromatic rings. The maximum absolute atomic E-state index is 13.9. The Morgan fingerprint density at radius 3 is 2.71 bits per heavy atom. The number of carboxylic acids is 1. The summed E-state index contributed by atoms with van der Waals surface area (Å²) in [6.07, 6.45) is 0.649. The SMILES string of the molecule is COCCc1ccccc1Nc1c(F)cccc1C(=O)O. The molecule has 0 saturated carbocycles. The first-order valence-corrected chi connectivity index (χ1v) is 6.49. The number of hydrogen-bond acceptors (Lipinski definition) is 3. The van der Waals surface area contributed by atoms with Crippen molar-refractivity contribution in [3.63, 3.8) is 0 Å². The summed E-state index contributed by atoms with van der Waals surface area (Å²) in [5.74, 6) is -1.78. The number of hydrogen-bond donors (Lipinski definition) is 2. The Morgan fingerprint density at radius 2 is 2.00 bits per heavy atom. The van der Waals surface area contributed by atoms with Gasteiger partial charge >= 0.3 is 5.97 Å². The van der Waals surface area contributed by atoms with Gasteiger partial charge < -0.3 is 15.2 Å². The van der Waals surface area contributed by atoms with Gasteiger partial charge in [-0.25, -0.2) is 9.18 Å². The molecule has 0 aromatic heterocycles. The number of nitrogens with one attached hydrogen (secondary N) is 1. The number of carbonyl (C=O) groups is 1. The molecule has 110 valence electrons. The highest BCUT2D eigenvalue weighted by Crippen LogP contribution is 2.26. The fourth-order valence-electron chi connectivity index (χ4n) is 2.04. The molecule has 0 heterocycles. The summed E-state index contributed by atoms with van der Waals surface area (Å²) >= 11 is 0. The Bertz CT molecular complexity index is 643. The van der Waals surface area contributed by atoms with Crippen LogP contribution < -0.4 is 5.32 Å². The van der Waals surface area contributed by atoms with Crippen LogP contribution in [0.4, 0.5) is 15.8 Å². The molecule has 21 heavy (non-hydrogen) atoms. The smallest absolute Gasteiger partial charge is 0.337 e. The first-order chi connectivity index (χ1) is 10.1. The van der Waals surface area contributed by atoms with Crippen molar-refractivity contribution in [3.8, 4) is 0 Å². The number of benzene rings is 2. The summed E-state index contributed by atoms with van der Waals surface area (Å²) in [4.78, 5) is 11.2. The molecule has 0 radical (unpaired) electrons. The second-order valence-electron chi connectivity index (χ2n) is 4.49. The zero-order valence-corrected chi connectivity index (χ0v) is 11.6. The van der Waals surface area contributed by atoms with Crippen LogP contribution in [0.1, 0.15) is 15.9 Å². The number of rotatable bonds is 6. The highest BCUT2D eigenvalue weighted by molar-refractivity contribution is 5.95. The van der Waals surface area contributed by atoms with Gasteiger partial charge in [-0.1, -0.05) is 24.3 Å². The minimum Gasteiger partial charge on any atom is -0.478 e. The molecule has 5 heteroatoms. The lowest BCUT2D eigenvalue weighted by Gasteiger charge is -2.14.